The average Bonchev–Trinajstić information content (AvgIpc) is 2.96. The van der Waals surface area contributed by atoms with Gasteiger partial charge in [-0.25, -0.2) is 4.98 Å². The van der Waals surface area contributed by atoms with Gasteiger partial charge in [0.05, 0.1) is 17.0 Å². The largest absolute Gasteiger partial charge is 0.384 e. The van der Waals surface area contributed by atoms with Crippen molar-refractivity contribution in [2.75, 3.05) is 5.73 Å². The molecule has 3 heterocycles. The number of aromatic nitrogens is 2. The summed E-state index contributed by atoms with van der Waals surface area (Å²) < 4.78 is 1.42. The number of benzene rings is 1. The normalized spacial score (nSPS) is 14.8. The Kier molecular flexibility index (Phi) is 4.55. The van der Waals surface area contributed by atoms with E-state index in [1.807, 2.05) is 26.0 Å². The molecule has 0 bridgehead atoms. The number of carbonyl (C=O) groups excluding carboxylic acids is 2. The Labute approximate surface area is 172 Å². The molecule has 3 aromatic rings. The Morgan fingerprint density at radius 1 is 1.21 bits per heavy atom. The summed E-state index contributed by atoms with van der Waals surface area (Å²) in [5.41, 5.74) is 9.08. The van der Waals surface area contributed by atoms with E-state index in [-0.39, 0.29) is 5.91 Å². The van der Waals surface area contributed by atoms with E-state index in [9.17, 15) is 9.59 Å². The first-order valence-corrected chi connectivity index (χ1v) is 9.37. The van der Waals surface area contributed by atoms with Gasteiger partial charge in [0.2, 0.25) is 0 Å². The summed E-state index contributed by atoms with van der Waals surface area (Å²) in [4.78, 5) is 33.8. The van der Waals surface area contributed by atoms with Crippen molar-refractivity contribution >= 4 is 29.8 Å². The summed E-state index contributed by atoms with van der Waals surface area (Å²) in [7, 11) is 0. The van der Waals surface area contributed by atoms with Crippen LogP contribution in [-0.2, 0) is 11.2 Å². The molecule has 0 saturated carbocycles. The molecule has 1 aromatic carbocycles. The third-order valence-corrected chi connectivity index (χ3v) is 5.10. The van der Waals surface area contributed by atoms with Crippen LogP contribution in [0.1, 0.15) is 29.9 Å². The zero-order valence-electron chi connectivity index (χ0n) is 15.9. The molecule has 0 spiro atoms. The monoisotopic (exact) mass is 410 g/mol. The number of fused-ring (bicyclic) bond motifs is 1. The van der Waals surface area contributed by atoms with E-state index in [1.54, 1.807) is 30.5 Å². The number of carbonyl (C=O) groups is 2. The van der Waals surface area contributed by atoms with Gasteiger partial charge in [0.1, 0.15) is 5.82 Å². The maximum Gasteiger partial charge on any atom is 0.321 e. The molecule has 0 saturated heterocycles. The van der Waals surface area contributed by atoms with Gasteiger partial charge in [-0.1, -0.05) is 23.7 Å². The zero-order chi connectivity index (χ0) is 20.8. The molecule has 1 amide bonds. The maximum atomic E-state index is 13.1. The van der Waals surface area contributed by atoms with E-state index in [0.29, 0.717) is 51.8 Å². The summed E-state index contributed by atoms with van der Waals surface area (Å²) >= 11 is 6.06. The molecule has 1 aliphatic rings. The molecule has 0 unspecified atom stereocenters. The number of anilines is 1. The van der Waals surface area contributed by atoms with Gasteiger partial charge < -0.3 is 15.9 Å². The second-order valence-corrected chi connectivity index (χ2v) is 7.97. The second kappa shape index (κ2) is 6.93. The first-order chi connectivity index (χ1) is 13.8. The summed E-state index contributed by atoms with van der Waals surface area (Å²) in [6.45, 7) is 4.18. The fraction of sp³-hybridized carbons (Fsp3) is 0.190. The Balaban J connectivity index is 2.11. The number of nitrogens with zero attached hydrogens (tertiary/aromatic N) is 2. The van der Waals surface area contributed by atoms with Crippen molar-refractivity contribution in [3.63, 3.8) is 0 Å². The van der Waals surface area contributed by atoms with Crippen LogP contribution in [0.15, 0.2) is 42.6 Å². The smallest absolute Gasteiger partial charge is 0.321 e. The molecule has 7 nitrogen and oxygen atoms in total. The maximum absolute atomic E-state index is 13.1. The number of amides is 1. The standard InChI is InChI=1S/C21H19ClN4O3/c1-21(2)10-15-18(20(28)25-21)17(12-3-5-14(22)6-4-12)19(26(15)29-11-27)13-7-8-24-16(23)9-13/h3-9,11H,10H2,1-2H3,(H2,23,24)(H,25,28). The highest BCUT2D eigenvalue weighted by atomic mass is 35.5. The lowest BCUT2D eigenvalue weighted by Gasteiger charge is -2.31. The molecule has 4 rings (SSSR count). The van der Waals surface area contributed by atoms with Gasteiger partial charge in [0.25, 0.3) is 5.91 Å². The Morgan fingerprint density at radius 2 is 1.93 bits per heavy atom. The van der Waals surface area contributed by atoms with Crippen LogP contribution < -0.4 is 15.9 Å². The van der Waals surface area contributed by atoms with E-state index in [1.165, 1.54) is 4.73 Å². The lowest BCUT2D eigenvalue weighted by atomic mass is 9.88. The predicted octanol–water partition coefficient (Wildman–Crippen LogP) is 3.10. The minimum Gasteiger partial charge on any atom is -0.384 e. The van der Waals surface area contributed by atoms with Crippen molar-refractivity contribution in [3.8, 4) is 22.4 Å². The number of hydrogen-bond acceptors (Lipinski definition) is 5. The van der Waals surface area contributed by atoms with E-state index >= 15 is 0 Å². The van der Waals surface area contributed by atoms with Crippen molar-refractivity contribution in [2.24, 2.45) is 0 Å². The number of hydrogen-bond donors (Lipinski definition) is 2. The predicted molar refractivity (Wildman–Crippen MR) is 110 cm³/mol. The SMILES string of the molecule is CC1(C)Cc2c(c(-c3ccc(Cl)cc3)c(-c3ccnc(N)c3)n2OC=O)C(=O)N1. The Bertz CT molecular complexity index is 1120. The molecule has 8 heteroatoms. The van der Waals surface area contributed by atoms with Gasteiger partial charge in [-0.15, -0.1) is 0 Å². The highest BCUT2D eigenvalue weighted by molar-refractivity contribution is 6.30. The highest BCUT2D eigenvalue weighted by Gasteiger charge is 2.38. The van der Waals surface area contributed by atoms with Crippen LogP contribution in [0, 0.1) is 0 Å². The average molecular weight is 411 g/mol. The minimum atomic E-state index is -0.502. The Morgan fingerprint density at radius 3 is 2.59 bits per heavy atom. The molecule has 29 heavy (non-hydrogen) atoms. The number of nitrogens with two attached hydrogens (primary N) is 1. The number of pyridine rings is 1. The van der Waals surface area contributed by atoms with Gasteiger partial charge >= 0.3 is 6.47 Å². The fourth-order valence-corrected chi connectivity index (χ4v) is 3.88. The summed E-state index contributed by atoms with van der Waals surface area (Å²) in [5.74, 6) is 0.0730. The van der Waals surface area contributed by atoms with Crippen LogP contribution in [0.3, 0.4) is 0 Å². The molecule has 0 aliphatic carbocycles. The van der Waals surface area contributed by atoms with E-state index < -0.39 is 5.54 Å². The number of halogens is 1. The highest BCUT2D eigenvalue weighted by Crippen LogP contribution is 2.42. The van der Waals surface area contributed by atoms with Crippen LogP contribution in [0.2, 0.25) is 5.02 Å². The number of nitrogen functional groups attached to an aromatic ring is 1. The molecular formula is C21H19ClN4O3. The molecule has 0 fully saturated rings. The first-order valence-electron chi connectivity index (χ1n) is 8.99. The van der Waals surface area contributed by atoms with Gasteiger partial charge in [-0.3, -0.25) is 9.59 Å². The van der Waals surface area contributed by atoms with Crippen LogP contribution >= 0.6 is 11.6 Å². The van der Waals surface area contributed by atoms with Crippen LogP contribution in [0.25, 0.3) is 22.4 Å². The quantitative estimate of drug-likeness (QED) is 0.644. The minimum absolute atomic E-state index is 0.238. The van der Waals surface area contributed by atoms with Crippen LogP contribution in [-0.4, -0.2) is 27.6 Å². The van der Waals surface area contributed by atoms with E-state index in [4.69, 9.17) is 22.2 Å². The van der Waals surface area contributed by atoms with Crippen molar-refractivity contribution in [3.05, 3.63) is 58.9 Å². The van der Waals surface area contributed by atoms with Crippen molar-refractivity contribution in [1.29, 1.82) is 0 Å². The Hall–Kier alpha value is -3.32. The lowest BCUT2D eigenvalue weighted by Crippen LogP contribution is -2.49. The molecule has 148 valence electrons. The lowest BCUT2D eigenvalue weighted by molar-refractivity contribution is -0.129. The summed E-state index contributed by atoms with van der Waals surface area (Å²) in [6.07, 6.45) is 2.04. The first kappa shape index (κ1) is 19.0. The molecule has 0 atom stereocenters. The van der Waals surface area contributed by atoms with Crippen LogP contribution in [0.4, 0.5) is 5.82 Å². The molecule has 2 aromatic heterocycles. The zero-order valence-corrected chi connectivity index (χ0v) is 16.7. The molecule has 1 aliphatic heterocycles. The van der Waals surface area contributed by atoms with Crippen molar-refractivity contribution in [2.45, 2.75) is 25.8 Å². The fourth-order valence-electron chi connectivity index (χ4n) is 3.75. The second-order valence-electron chi connectivity index (χ2n) is 7.53. The van der Waals surface area contributed by atoms with Gasteiger partial charge in [-0.2, -0.15) is 4.73 Å². The van der Waals surface area contributed by atoms with E-state index in [0.717, 1.165) is 5.56 Å². The summed E-state index contributed by atoms with van der Waals surface area (Å²) in [6, 6.07) is 10.6. The van der Waals surface area contributed by atoms with Gasteiger partial charge in [0, 0.05) is 34.3 Å². The summed E-state index contributed by atoms with van der Waals surface area (Å²) in [5, 5.41) is 3.60. The topological polar surface area (TPSA) is 99.2 Å². The van der Waals surface area contributed by atoms with Crippen LogP contribution in [0.5, 0.6) is 0 Å². The van der Waals surface area contributed by atoms with Crippen molar-refractivity contribution < 1.29 is 14.4 Å². The molecule has 3 N–H and O–H groups in total. The number of rotatable bonds is 4. The van der Waals surface area contributed by atoms with Crippen molar-refractivity contribution in [1.82, 2.24) is 15.0 Å². The number of nitrogens with one attached hydrogen (secondary N) is 1. The third kappa shape index (κ3) is 3.34. The third-order valence-electron chi connectivity index (χ3n) is 4.85. The van der Waals surface area contributed by atoms with Gasteiger partial charge in [-0.05, 0) is 43.7 Å². The molecule has 0 radical (unpaired) electrons. The van der Waals surface area contributed by atoms with Gasteiger partial charge in [0.15, 0.2) is 0 Å². The van der Waals surface area contributed by atoms with E-state index in [2.05, 4.69) is 10.3 Å². The molecular weight excluding hydrogens is 392 g/mol.